The normalized spacial score (nSPS) is 12.7. The lowest BCUT2D eigenvalue weighted by molar-refractivity contribution is 0.370. The Hall–Kier alpha value is -1.17. The molecule has 0 aliphatic rings. The van der Waals surface area contributed by atoms with Crippen molar-refractivity contribution in [2.75, 3.05) is 6.54 Å². The first kappa shape index (κ1) is 15.2. The van der Waals surface area contributed by atoms with Crippen molar-refractivity contribution in [1.82, 2.24) is 15.5 Å². The molecule has 4 nitrogen and oxygen atoms in total. The van der Waals surface area contributed by atoms with E-state index < -0.39 is 5.82 Å². The molecular formula is C13H14Cl2FN3O. The molecule has 0 saturated heterocycles. The highest BCUT2D eigenvalue weighted by Crippen LogP contribution is 2.32. The Morgan fingerprint density at radius 2 is 2.15 bits per heavy atom. The van der Waals surface area contributed by atoms with E-state index >= 15 is 0 Å². The summed E-state index contributed by atoms with van der Waals surface area (Å²) < 4.78 is 18.5. The highest BCUT2D eigenvalue weighted by atomic mass is 35.5. The van der Waals surface area contributed by atoms with Gasteiger partial charge in [-0.25, -0.2) is 4.39 Å². The van der Waals surface area contributed by atoms with Crippen molar-refractivity contribution >= 4 is 23.2 Å². The molecule has 1 unspecified atom stereocenters. The number of aryl methyl sites for hydroxylation is 1. The number of hydrogen-bond acceptors (Lipinski definition) is 4. The highest BCUT2D eigenvalue weighted by molar-refractivity contribution is 6.36. The molecular weight excluding hydrogens is 304 g/mol. The van der Waals surface area contributed by atoms with Crippen LogP contribution >= 0.6 is 23.2 Å². The van der Waals surface area contributed by atoms with E-state index in [0.29, 0.717) is 35.3 Å². The summed E-state index contributed by atoms with van der Waals surface area (Å²) >= 11 is 12.0. The zero-order valence-corrected chi connectivity index (χ0v) is 12.6. The Morgan fingerprint density at radius 3 is 2.80 bits per heavy atom. The fourth-order valence-electron chi connectivity index (χ4n) is 1.88. The quantitative estimate of drug-likeness (QED) is 0.854. The van der Waals surface area contributed by atoms with Crippen molar-refractivity contribution in [2.24, 2.45) is 0 Å². The summed E-state index contributed by atoms with van der Waals surface area (Å²) in [7, 11) is 0. The first-order valence-corrected chi connectivity index (χ1v) is 6.90. The molecule has 1 N–H and O–H groups in total. The second-order valence-corrected chi connectivity index (χ2v) is 5.20. The molecule has 2 aromatic rings. The van der Waals surface area contributed by atoms with Crippen LogP contribution in [0.2, 0.25) is 10.0 Å². The Morgan fingerprint density at radius 1 is 1.40 bits per heavy atom. The maximum absolute atomic E-state index is 13.5. The van der Waals surface area contributed by atoms with Crippen LogP contribution in [0.15, 0.2) is 16.7 Å². The van der Waals surface area contributed by atoms with Gasteiger partial charge in [-0.15, -0.1) is 0 Å². The maximum atomic E-state index is 13.5. The van der Waals surface area contributed by atoms with Gasteiger partial charge in [-0.2, -0.15) is 4.98 Å². The topological polar surface area (TPSA) is 51.0 Å². The summed E-state index contributed by atoms with van der Waals surface area (Å²) in [6.07, 6.45) is 0.579. The number of rotatable bonds is 5. The van der Waals surface area contributed by atoms with Crippen LogP contribution in [0.5, 0.6) is 0 Å². The van der Waals surface area contributed by atoms with Gasteiger partial charge < -0.3 is 9.84 Å². The maximum Gasteiger partial charge on any atom is 0.227 e. The molecule has 0 saturated carbocycles. The van der Waals surface area contributed by atoms with E-state index in [1.807, 2.05) is 6.92 Å². The number of hydrogen-bond donors (Lipinski definition) is 1. The average molecular weight is 318 g/mol. The van der Waals surface area contributed by atoms with E-state index in [-0.39, 0.29) is 11.1 Å². The van der Waals surface area contributed by atoms with Crippen LogP contribution in [0.3, 0.4) is 0 Å². The van der Waals surface area contributed by atoms with Gasteiger partial charge >= 0.3 is 0 Å². The first-order chi connectivity index (χ1) is 9.49. The van der Waals surface area contributed by atoms with Gasteiger partial charge in [0.1, 0.15) is 5.82 Å². The molecule has 108 valence electrons. The monoisotopic (exact) mass is 317 g/mol. The van der Waals surface area contributed by atoms with Crippen LogP contribution in [0.1, 0.15) is 30.2 Å². The molecule has 0 aliphatic heterocycles. The molecule has 20 heavy (non-hydrogen) atoms. The first-order valence-electron chi connectivity index (χ1n) is 6.15. The number of nitrogens with zero attached hydrogens (tertiary/aromatic N) is 2. The average Bonchev–Trinajstić information content (AvgIpc) is 2.80. The van der Waals surface area contributed by atoms with Gasteiger partial charge in [-0.1, -0.05) is 28.4 Å². The third kappa shape index (κ3) is 3.48. The second-order valence-electron chi connectivity index (χ2n) is 4.42. The van der Waals surface area contributed by atoms with Crippen LogP contribution in [0.25, 0.3) is 0 Å². The van der Waals surface area contributed by atoms with Gasteiger partial charge in [0, 0.05) is 29.6 Å². The minimum atomic E-state index is -0.479. The summed E-state index contributed by atoms with van der Waals surface area (Å²) in [6, 6.07) is 2.56. The van der Waals surface area contributed by atoms with E-state index in [2.05, 4.69) is 15.5 Å². The number of nitrogens with one attached hydrogen (secondary N) is 1. The summed E-state index contributed by atoms with van der Waals surface area (Å²) in [6.45, 7) is 4.22. The van der Waals surface area contributed by atoms with Crippen molar-refractivity contribution in [3.05, 3.63) is 45.3 Å². The minimum Gasteiger partial charge on any atom is -0.339 e. The van der Waals surface area contributed by atoms with Gasteiger partial charge in [-0.3, -0.25) is 0 Å². The molecule has 0 spiro atoms. The van der Waals surface area contributed by atoms with Crippen LogP contribution in [-0.2, 0) is 6.42 Å². The highest BCUT2D eigenvalue weighted by Gasteiger charge is 2.16. The molecule has 0 amide bonds. The van der Waals surface area contributed by atoms with Crippen molar-refractivity contribution in [3.63, 3.8) is 0 Å². The molecule has 2 rings (SSSR count). The smallest absolute Gasteiger partial charge is 0.227 e. The largest absolute Gasteiger partial charge is 0.339 e. The molecule has 1 aromatic heterocycles. The van der Waals surface area contributed by atoms with Crippen LogP contribution < -0.4 is 5.32 Å². The molecule has 0 radical (unpaired) electrons. The predicted octanol–water partition coefficient (Wildman–Crippen LogP) is 3.72. The van der Waals surface area contributed by atoms with E-state index in [1.165, 1.54) is 12.1 Å². The van der Waals surface area contributed by atoms with E-state index in [4.69, 9.17) is 27.7 Å². The lowest BCUT2D eigenvalue weighted by Crippen LogP contribution is -2.22. The summed E-state index contributed by atoms with van der Waals surface area (Å²) in [5.74, 6) is 0.676. The van der Waals surface area contributed by atoms with E-state index in [0.717, 1.165) is 0 Å². The number of halogens is 3. The fourth-order valence-corrected chi connectivity index (χ4v) is 2.58. The van der Waals surface area contributed by atoms with Crippen molar-refractivity contribution in [3.8, 4) is 0 Å². The van der Waals surface area contributed by atoms with Crippen molar-refractivity contribution in [1.29, 1.82) is 0 Å². The van der Waals surface area contributed by atoms with Gasteiger partial charge in [0.25, 0.3) is 0 Å². The van der Waals surface area contributed by atoms with Gasteiger partial charge in [-0.05, 0) is 26.0 Å². The summed E-state index contributed by atoms with van der Waals surface area (Å²) in [4.78, 5) is 4.10. The Bertz CT molecular complexity index is 603. The van der Waals surface area contributed by atoms with Crippen LogP contribution in [0, 0.1) is 12.7 Å². The van der Waals surface area contributed by atoms with Crippen molar-refractivity contribution in [2.45, 2.75) is 26.3 Å². The van der Waals surface area contributed by atoms with E-state index in [1.54, 1.807) is 6.92 Å². The molecule has 0 bridgehead atoms. The molecule has 0 fully saturated rings. The Balaban J connectivity index is 1.98. The predicted molar refractivity (Wildman–Crippen MR) is 75.6 cm³/mol. The minimum absolute atomic E-state index is 0.0473. The Kier molecular flexibility index (Phi) is 4.96. The zero-order valence-electron chi connectivity index (χ0n) is 11.1. The molecule has 0 aliphatic carbocycles. The SMILES string of the molecule is Cc1noc(CCNC(C)c2c(Cl)ccc(F)c2Cl)n1. The Labute approximate surface area is 126 Å². The lowest BCUT2D eigenvalue weighted by atomic mass is 10.1. The lowest BCUT2D eigenvalue weighted by Gasteiger charge is -2.17. The van der Waals surface area contributed by atoms with Crippen molar-refractivity contribution < 1.29 is 8.91 Å². The summed E-state index contributed by atoms with van der Waals surface area (Å²) in [5.41, 5.74) is 0.551. The molecule has 1 atom stereocenters. The summed E-state index contributed by atoms with van der Waals surface area (Å²) in [5, 5.41) is 7.39. The zero-order chi connectivity index (χ0) is 14.7. The van der Waals surface area contributed by atoms with Crippen LogP contribution in [-0.4, -0.2) is 16.7 Å². The number of aromatic nitrogens is 2. The fraction of sp³-hybridized carbons (Fsp3) is 0.385. The molecule has 7 heteroatoms. The van der Waals surface area contributed by atoms with Gasteiger partial charge in [0.15, 0.2) is 5.82 Å². The third-order valence-electron chi connectivity index (χ3n) is 2.87. The molecule has 1 heterocycles. The standard InChI is InChI=1S/C13H14Cl2FN3O/c1-7(12-9(14)3-4-10(16)13(12)15)17-6-5-11-18-8(2)19-20-11/h3-4,7,17H,5-6H2,1-2H3. The second kappa shape index (κ2) is 6.52. The van der Waals surface area contributed by atoms with Gasteiger partial charge in [0.2, 0.25) is 5.89 Å². The van der Waals surface area contributed by atoms with Crippen LogP contribution in [0.4, 0.5) is 4.39 Å². The molecule has 1 aromatic carbocycles. The van der Waals surface area contributed by atoms with Gasteiger partial charge in [0.05, 0.1) is 5.02 Å². The third-order valence-corrected chi connectivity index (χ3v) is 3.59. The van der Waals surface area contributed by atoms with E-state index in [9.17, 15) is 4.39 Å². The number of benzene rings is 1.